The Morgan fingerprint density at radius 2 is 0.893 bits per heavy atom. The standard InChI is InChI=1S/C53H35N3/c1-4-16-35(17-5-1)40-30-41(36-18-6-2-7-19-36)32-42(31-40)51-47-34-39-23-15-27-44(50(39)52(47)55-53(54-51)37-20-8-3-9-21-37)38-22-14-24-43(33-38)56-48-28-12-10-25-45(48)46-26-11-13-29-49(46)56/h1-33H,34H2. The molecule has 0 saturated carbocycles. The SMILES string of the molecule is c1ccc(-c2cc(-c3ccccc3)cc(-c3nc(-c4ccccc4)nc4c3Cc3cccc(-c5cccc(-n6c7ccccc7c7ccccc76)c5)c3-4)c2)cc1. The van der Waals surface area contributed by atoms with E-state index in [0.717, 1.165) is 62.7 Å². The molecule has 10 aromatic rings. The van der Waals surface area contributed by atoms with E-state index in [0.29, 0.717) is 0 Å². The Bertz CT molecular complexity index is 2980. The quantitative estimate of drug-likeness (QED) is 0.172. The van der Waals surface area contributed by atoms with E-state index in [1.807, 2.05) is 6.07 Å². The molecule has 56 heavy (non-hydrogen) atoms. The first kappa shape index (κ1) is 32.1. The maximum Gasteiger partial charge on any atom is 0.160 e. The maximum atomic E-state index is 5.44. The molecular formula is C53H35N3. The summed E-state index contributed by atoms with van der Waals surface area (Å²) in [6.45, 7) is 0. The summed E-state index contributed by atoms with van der Waals surface area (Å²) in [5.74, 6) is 0.729. The van der Waals surface area contributed by atoms with Crippen LogP contribution in [0.15, 0.2) is 200 Å². The molecule has 0 aliphatic heterocycles. The molecule has 0 N–H and O–H groups in total. The normalized spacial score (nSPS) is 11.9. The van der Waals surface area contributed by atoms with E-state index in [-0.39, 0.29) is 0 Å². The van der Waals surface area contributed by atoms with Gasteiger partial charge in [0.1, 0.15) is 0 Å². The first-order chi connectivity index (χ1) is 27.8. The van der Waals surface area contributed by atoms with Gasteiger partial charge in [0.15, 0.2) is 5.82 Å². The lowest BCUT2D eigenvalue weighted by Crippen LogP contribution is -2.00. The second-order valence-electron chi connectivity index (χ2n) is 14.6. The Balaban J connectivity index is 1.13. The van der Waals surface area contributed by atoms with Gasteiger partial charge in [-0.2, -0.15) is 0 Å². The summed E-state index contributed by atoms with van der Waals surface area (Å²) in [6, 6.07) is 71.7. The highest BCUT2D eigenvalue weighted by atomic mass is 15.0. The molecule has 0 fully saturated rings. The van der Waals surface area contributed by atoms with E-state index in [1.165, 1.54) is 49.6 Å². The van der Waals surface area contributed by atoms with Crippen LogP contribution in [-0.4, -0.2) is 14.5 Å². The van der Waals surface area contributed by atoms with Gasteiger partial charge in [0, 0.05) is 45.1 Å². The highest BCUT2D eigenvalue weighted by Gasteiger charge is 2.29. The number of aromatic nitrogens is 3. The molecule has 2 aromatic heterocycles. The second kappa shape index (κ2) is 13.2. The molecule has 262 valence electrons. The second-order valence-corrected chi connectivity index (χ2v) is 14.6. The minimum Gasteiger partial charge on any atom is -0.309 e. The Morgan fingerprint density at radius 1 is 0.375 bits per heavy atom. The fourth-order valence-corrected chi connectivity index (χ4v) is 8.64. The van der Waals surface area contributed by atoms with Gasteiger partial charge in [0.25, 0.3) is 0 Å². The topological polar surface area (TPSA) is 30.7 Å². The molecule has 11 rings (SSSR count). The van der Waals surface area contributed by atoms with Crippen molar-refractivity contribution in [3.8, 4) is 73.0 Å². The fraction of sp³-hybridized carbons (Fsp3) is 0.0189. The summed E-state index contributed by atoms with van der Waals surface area (Å²) in [5, 5.41) is 2.51. The van der Waals surface area contributed by atoms with Crippen LogP contribution < -0.4 is 0 Å². The van der Waals surface area contributed by atoms with Crippen LogP contribution in [0.25, 0.3) is 94.8 Å². The highest BCUT2D eigenvalue weighted by Crippen LogP contribution is 2.47. The molecule has 0 unspecified atom stereocenters. The first-order valence-corrected chi connectivity index (χ1v) is 19.2. The van der Waals surface area contributed by atoms with Gasteiger partial charge in [-0.05, 0) is 81.4 Å². The van der Waals surface area contributed by atoms with Crippen molar-refractivity contribution in [3.63, 3.8) is 0 Å². The molecule has 2 heterocycles. The van der Waals surface area contributed by atoms with Crippen molar-refractivity contribution in [2.24, 2.45) is 0 Å². The van der Waals surface area contributed by atoms with E-state index in [4.69, 9.17) is 9.97 Å². The van der Waals surface area contributed by atoms with Crippen LogP contribution in [0.5, 0.6) is 0 Å². The number of benzene rings is 8. The van der Waals surface area contributed by atoms with Crippen LogP contribution in [-0.2, 0) is 6.42 Å². The molecule has 0 amide bonds. The summed E-state index contributed by atoms with van der Waals surface area (Å²) in [7, 11) is 0. The van der Waals surface area contributed by atoms with Crippen LogP contribution >= 0.6 is 0 Å². The van der Waals surface area contributed by atoms with Crippen molar-refractivity contribution in [1.29, 1.82) is 0 Å². The van der Waals surface area contributed by atoms with Crippen LogP contribution in [0.3, 0.4) is 0 Å². The minimum atomic E-state index is 0.729. The van der Waals surface area contributed by atoms with Gasteiger partial charge in [0.05, 0.1) is 22.4 Å². The van der Waals surface area contributed by atoms with E-state index in [9.17, 15) is 0 Å². The smallest absolute Gasteiger partial charge is 0.160 e. The number of hydrogen-bond acceptors (Lipinski definition) is 2. The van der Waals surface area contributed by atoms with Gasteiger partial charge in [-0.25, -0.2) is 9.97 Å². The lowest BCUT2D eigenvalue weighted by atomic mass is 9.93. The van der Waals surface area contributed by atoms with Crippen molar-refractivity contribution >= 4 is 21.8 Å². The number of nitrogens with zero attached hydrogens (tertiary/aromatic N) is 3. The Labute approximate surface area is 325 Å². The Hall–Kier alpha value is -7.36. The van der Waals surface area contributed by atoms with E-state index < -0.39 is 0 Å². The highest BCUT2D eigenvalue weighted by molar-refractivity contribution is 6.09. The van der Waals surface area contributed by atoms with Crippen molar-refractivity contribution in [1.82, 2.24) is 14.5 Å². The molecule has 0 saturated heterocycles. The van der Waals surface area contributed by atoms with E-state index in [1.54, 1.807) is 0 Å². The fourth-order valence-electron chi connectivity index (χ4n) is 8.64. The largest absolute Gasteiger partial charge is 0.309 e. The molecule has 0 radical (unpaired) electrons. The first-order valence-electron chi connectivity index (χ1n) is 19.2. The van der Waals surface area contributed by atoms with Crippen LogP contribution in [0.2, 0.25) is 0 Å². The number of para-hydroxylation sites is 2. The summed E-state index contributed by atoms with van der Waals surface area (Å²) in [6.07, 6.45) is 0.756. The monoisotopic (exact) mass is 713 g/mol. The van der Waals surface area contributed by atoms with Crippen molar-refractivity contribution in [2.75, 3.05) is 0 Å². The molecule has 3 nitrogen and oxygen atoms in total. The molecule has 3 heteroatoms. The van der Waals surface area contributed by atoms with Gasteiger partial charge < -0.3 is 4.57 Å². The summed E-state index contributed by atoms with van der Waals surface area (Å²) in [5.41, 5.74) is 18.2. The van der Waals surface area contributed by atoms with Crippen LogP contribution in [0, 0.1) is 0 Å². The lowest BCUT2D eigenvalue weighted by Gasteiger charge is -2.16. The summed E-state index contributed by atoms with van der Waals surface area (Å²) < 4.78 is 2.39. The number of hydrogen-bond donors (Lipinski definition) is 0. The Kier molecular flexibility index (Phi) is 7.56. The third-order valence-corrected chi connectivity index (χ3v) is 11.2. The van der Waals surface area contributed by atoms with Crippen molar-refractivity contribution in [3.05, 3.63) is 211 Å². The summed E-state index contributed by atoms with van der Waals surface area (Å²) in [4.78, 5) is 10.9. The third kappa shape index (κ3) is 5.36. The average Bonchev–Trinajstić information content (AvgIpc) is 3.83. The molecule has 0 atom stereocenters. The Morgan fingerprint density at radius 3 is 1.54 bits per heavy atom. The molecule has 0 spiro atoms. The zero-order chi connectivity index (χ0) is 37.0. The number of fused-ring (bicyclic) bond motifs is 6. The van der Waals surface area contributed by atoms with E-state index >= 15 is 0 Å². The molecular weight excluding hydrogens is 679 g/mol. The van der Waals surface area contributed by atoms with Gasteiger partial charge in [0.2, 0.25) is 0 Å². The zero-order valence-electron chi connectivity index (χ0n) is 30.6. The minimum absolute atomic E-state index is 0.729. The maximum absolute atomic E-state index is 5.44. The molecule has 0 bridgehead atoms. The molecule has 1 aliphatic rings. The number of rotatable bonds is 6. The van der Waals surface area contributed by atoms with Gasteiger partial charge in [-0.15, -0.1) is 0 Å². The third-order valence-electron chi connectivity index (χ3n) is 11.2. The lowest BCUT2D eigenvalue weighted by molar-refractivity contribution is 1.13. The van der Waals surface area contributed by atoms with Gasteiger partial charge in [-0.3, -0.25) is 0 Å². The van der Waals surface area contributed by atoms with Crippen molar-refractivity contribution < 1.29 is 0 Å². The zero-order valence-corrected chi connectivity index (χ0v) is 30.6. The molecule has 8 aromatic carbocycles. The molecule has 1 aliphatic carbocycles. The van der Waals surface area contributed by atoms with Gasteiger partial charge in [-0.1, -0.05) is 158 Å². The average molecular weight is 714 g/mol. The van der Waals surface area contributed by atoms with Crippen molar-refractivity contribution in [2.45, 2.75) is 6.42 Å². The van der Waals surface area contributed by atoms with E-state index in [2.05, 4.69) is 199 Å². The van der Waals surface area contributed by atoms with Crippen LogP contribution in [0.4, 0.5) is 0 Å². The predicted octanol–water partition coefficient (Wildman–Crippen LogP) is 13.5. The van der Waals surface area contributed by atoms with Gasteiger partial charge >= 0.3 is 0 Å². The van der Waals surface area contributed by atoms with Crippen LogP contribution in [0.1, 0.15) is 11.1 Å². The summed E-state index contributed by atoms with van der Waals surface area (Å²) >= 11 is 0. The predicted molar refractivity (Wildman–Crippen MR) is 232 cm³/mol.